The van der Waals surface area contributed by atoms with Crippen LogP contribution in [0.4, 0.5) is 0 Å². The molecule has 0 rings (SSSR count). The van der Waals surface area contributed by atoms with E-state index in [9.17, 15) is 0 Å². The quantitative estimate of drug-likeness (QED) is 0.430. The summed E-state index contributed by atoms with van der Waals surface area (Å²) in [5.74, 6) is 0.829. The molecular formula is C9H14O. The minimum Gasteiger partial charge on any atom is -0.496 e. The monoisotopic (exact) mass is 138 g/mol. The highest BCUT2D eigenvalue weighted by Crippen LogP contribution is 2.13. The van der Waals surface area contributed by atoms with E-state index in [4.69, 9.17) is 4.74 Å². The maximum Gasteiger partial charge on any atom is 0.124 e. The van der Waals surface area contributed by atoms with Gasteiger partial charge >= 0.3 is 0 Å². The normalized spacial score (nSPS) is 8.30. The van der Waals surface area contributed by atoms with E-state index in [0.29, 0.717) is 0 Å². The van der Waals surface area contributed by atoms with Crippen molar-refractivity contribution in [1.29, 1.82) is 0 Å². The van der Waals surface area contributed by atoms with Crippen molar-refractivity contribution in [2.75, 3.05) is 7.11 Å². The Labute approximate surface area is 62.7 Å². The molecule has 0 bridgehead atoms. The molecule has 0 amide bonds. The third-order valence-corrected chi connectivity index (χ3v) is 1.20. The lowest BCUT2D eigenvalue weighted by Gasteiger charge is -2.06. The van der Waals surface area contributed by atoms with Gasteiger partial charge in [0.15, 0.2) is 0 Å². The predicted octanol–water partition coefficient (Wildman–Crippen LogP) is 2.67. The topological polar surface area (TPSA) is 9.23 Å². The fourth-order valence-electron chi connectivity index (χ4n) is 0.749. The fourth-order valence-corrected chi connectivity index (χ4v) is 0.749. The number of methoxy groups -OCH3 is 1. The van der Waals surface area contributed by atoms with Gasteiger partial charge in [0.05, 0.1) is 7.11 Å². The molecule has 0 saturated carbocycles. The second kappa shape index (κ2) is 3.94. The van der Waals surface area contributed by atoms with Crippen molar-refractivity contribution in [3.8, 4) is 0 Å². The third-order valence-electron chi connectivity index (χ3n) is 1.20. The average Bonchev–Trinajstić information content (AvgIpc) is 1.88. The Balaban J connectivity index is 4.53. The van der Waals surface area contributed by atoms with Crippen LogP contribution in [0.3, 0.4) is 0 Å². The molecule has 0 radical (unpaired) electrons. The Bertz CT molecular complexity index is 168. The Kier molecular flexibility index (Phi) is 3.55. The summed E-state index contributed by atoms with van der Waals surface area (Å²) in [7, 11) is 1.64. The Morgan fingerprint density at radius 2 is 1.90 bits per heavy atom. The molecule has 0 spiro atoms. The van der Waals surface area contributed by atoms with Crippen molar-refractivity contribution in [3.05, 3.63) is 36.1 Å². The van der Waals surface area contributed by atoms with Crippen LogP contribution in [0.15, 0.2) is 36.1 Å². The Morgan fingerprint density at radius 3 is 2.00 bits per heavy atom. The second-order valence-corrected chi connectivity index (χ2v) is 2.26. The van der Waals surface area contributed by atoms with Crippen molar-refractivity contribution in [2.45, 2.75) is 13.8 Å². The van der Waals surface area contributed by atoms with Gasteiger partial charge in [0.25, 0.3) is 0 Å². The third kappa shape index (κ3) is 2.09. The molecule has 0 N–H and O–H groups in total. The summed E-state index contributed by atoms with van der Waals surface area (Å²) in [6, 6.07) is 0. The maximum absolute atomic E-state index is 5.07. The average molecular weight is 138 g/mol. The van der Waals surface area contributed by atoms with Crippen LogP contribution in [0.1, 0.15) is 13.8 Å². The van der Waals surface area contributed by atoms with E-state index in [1.807, 2.05) is 13.8 Å². The Hall–Kier alpha value is -0.980. The van der Waals surface area contributed by atoms with E-state index in [2.05, 4.69) is 13.2 Å². The minimum atomic E-state index is 0.829. The first-order valence-electron chi connectivity index (χ1n) is 3.16. The van der Waals surface area contributed by atoms with Crippen LogP contribution in [-0.2, 0) is 4.74 Å². The highest BCUT2D eigenvalue weighted by atomic mass is 16.5. The zero-order valence-corrected chi connectivity index (χ0v) is 6.90. The lowest BCUT2D eigenvalue weighted by molar-refractivity contribution is 0.298. The summed E-state index contributed by atoms with van der Waals surface area (Å²) >= 11 is 0. The van der Waals surface area contributed by atoms with Crippen LogP contribution in [0, 0.1) is 0 Å². The van der Waals surface area contributed by atoms with E-state index in [1.54, 1.807) is 13.2 Å². The summed E-state index contributed by atoms with van der Waals surface area (Å²) in [5.41, 5.74) is 1.95. The van der Waals surface area contributed by atoms with Crippen LogP contribution >= 0.6 is 0 Å². The summed E-state index contributed by atoms with van der Waals surface area (Å²) in [6.45, 7) is 11.3. The van der Waals surface area contributed by atoms with Gasteiger partial charge in [-0.05, 0) is 19.4 Å². The molecule has 0 saturated heterocycles. The largest absolute Gasteiger partial charge is 0.496 e. The molecule has 0 aromatic rings. The molecular weight excluding hydrogens is 124 g/mol. The zero-order chi connectivity index (χ0) is 8.15. The fraction of sp³-hybridized carbons (Fsp3) is 0.333. The summed E-state index contributed by atoms with van der Waals surface area (Å²) < 4.78 is 5.07. The molecule has 0 aliphatic heterocycles. The van der Waals surface area contributed by atoms with Gasteiger partial charge in [-0.2, -0.15) is 0 Å². The van der Waals surface area contributed by atoms with Gasteiger partial charge in [-0.3, -0.25) is 0 Å². The van der Waals surface area contributed by atoms with Crippen molar-refractivity contribution in [2.24, 2.45) is 0 Å². The van der Waals surface area contributed by atoms with Gasteiger partial charge < -0.3 is 4.74 Å². The number of hydrogen-bond acceptors (Lipinski definition) is 1. The first kappa shape index (κ1) is 9.02. The van der Waals surface area contributed by atoms with Crippen LogP contribution in [0.5, 0.6) is 0 Å². The molecule has 56 valence electrons. The van der Waals surface area contributed by atoms with E-state index in [-0.39, 0.29) is 0 Å². The van der Waals surface area contributed by atoms with Crippen LogP contribution in [-0.4, -0.2) is 7.11 Å². The molecule has 0 unspecified atom stereocenters. The number of allylic oxidation sites excluding steroid dienone is 2. The van der Waals surface area contributed by atoms with Crippen LogP contribution < -0.4 is 0 Å². The van der Waals surface area contributed by atoms with Gasteiger partial charge in [0, 0.05) is 5.57 Å². The highest BCUT2D eigenvalue weighted by Gasteiger charge is 1.98. The van der Waals surface area contributed by atoms with Crippen molar-refractivity contribution < 1.29 is 4.74 Å². The van der Waals surface area contributed by atoms with Crippen LogP contribution in [0.25, 0.3) is 0 Å². The molecule has 1 heteroatoms. The molecule has 10 heavy (non-hydrogen) atoms. The van der Waals surface area contributed by atoms with E-state index >= 15 is 0 Å². The first-order valence-corrected chi connectivity index (χ1v) is 3.16. The molecule has 0 atom stereocenters. The lowest BCUT2D eigenvalue weighted by atomic mass is 10.2. The smallest absolute Gasteiger partial charge is 0.124 e. The summed E-state index contributed by atoms with van der Waals surface area (Å²) in [5, 5.41) is 0. The van der Waals surface area contributed by atoms with Crippen LogP contribution in [0.2, 0.25) is 0 Å². The van der Waals surface area contributed by atoms with Gasteiger partial charge in [0.1, 0.15) is 5.76 Å². The molecule has 1 nitrogen and oxygen atoms in total. The zero-order valence-electron chi connectivity index (χ0n) is 6.90. The summed E-state index contributed by atoms with van der Waals surface area (Å²) in [4.78, 5) is 0. The van der Waals surface area contributed by atoms with Gasteiger partial charge in [0.2, 0.25) is 0 Å². The van der Waals surface area contributed by atoms with E-state index in [1.165, 1.54) is 0 Å². The van der Waals surface area contributed by atoms with Crippen molar-refractivity contribution in [1.82, 2.24) is 0 Å². The maximum atomic E-state index is 5.07. The molecule has 0 fully saturated rings. The van der Waals surface area contributed by atoms with E-state index < -0.39 is 0 Å². The molecule has 0 aliphatic carbocycles. The second-order valence-electron chi connectivity index (χ2n) is 2.26. The number of hydrogen-bond donors (Lipinski definition) is 0. The predicted molar refractivity (Wildman–Crippen MR) is 44.7 cm³/mol. The van der Waals surface area contributed by atoms with Crippen molar-refractivity contribution >= 4 is 0 Å². The lowest BCUT2D eigenvalue weighted by Crippen LogP contribution is -1.90. The summed E-state index contributed by atoms with van der Waals surface area (Å²) in [6.07, 6.45) is 1.69. The molecule has 0 heterocycles. The SMILES string of the molecule is C=CC(=C)C(OC)=C(C)C. The molecule has 0 aliphatic rings. The minimum absolute atomic E-state index is 0.829. The Morgan fingerprint density at radius 1 is 1.40 bits per heavy atom. The number of rotatable bonds is 3. The van der Waals surface area contributed by atoms with Crippen molar-refractivity contribution in [3.63, 3.8) is 0 Å². The standard InChI is InChI=1S/C9H14O/c1-6-8(4)9(10-5)7(2)3/h6H,1,4H2,2-3,5H3. The van der Waals surface area contributed by atoms with E-state index in [0.717, 1.165) is 16.9 Å². The molecule has 0 aromatic heterocycles. The number of ether oxygens (including phenoxy) is 1. The first-order chi connectivity index (χ1) is 4.63. The van der Waals surface area contributed by atoms with Gasteiger partial charge in [-0.15, -0.1) is 0 Å². The molecule has 0 aromatic carbocycles. The van der Waals surface area contributed by atoms with Gasteiger partial charge in [-0.25, -0.2) is 0 Å². The highest BCUT2D eigenvalue weighted by molar-refractivity contribution is 5.34. The van der Waals surface area contributed by atoms with Gasteiger partial charge in [-0.1, -0.05) is 19.2 Å².